The van der Waals surface area contributed by atoms with Crippen molar-refractivity contribution < 1.29 is 13.6 Å². The van der Waals surface area contributed by atoms with Crippen LogP contribution in [0.3, 0.4) is 0 Å². The highest BCUT2D eigenvalue weighted by Crippen LogP contribution is 2.20. The minimum absolute atomic E-state index is 0.0510. The van der Waals surface area contributed by atoms with Crippen molar-refractivity contribution in [2.24, 2.45) is 0 Å². The molecule has 0 saturated carbocycles. The van der Waals surface area contributed by atoms with Gasteiger partial charge in [-0.05, 0) is 42.3 Å². The van der Waals surface area contributed by atoms with E-state index in [1.54, 1.807) is 12.1 Å². The standard InChI is InChI=1S/C15H14F2N2O/c1-9-2-5-13(18)14(6-9)19-15(20)8-10-3-4-11(16)12(17)7-10/h2-7H,8,18H2,1H3,(H,19,20). The summed E-state index contributed by atoms with van der Waals surface area (Å²) in [7, 11) is 0. The normalized spacial score (nSPS) is 10.3. The fourth-order valence-corrected chi connectivity index (χ4v) is 1.81. The van der Waals surface area contributed by atoms with Crippen LogP contribution >= 0.6 is 0 Å². The zero-order chi connectivity index (χ0) is 14.7. The van der Waals surface area contributed by atoms with Gasteiger partial charge in [0, 0.05) is 0 Å². The monoisotopic (exact) mass is 276 g/mol. The van der Waals surface area contributed by atoms with Crippen molar-refractivity contribution in [3.8, 4) is 0 Å². The largest absolute Gasteiger partial charge is 0.397 e. The number of nitrogen functional groups attached to an aromatic ring is 1. The lowest BCUT2D eigenvalue weighted by Gasteiger charge is -2.09. The SMILES string of the molecule is Cc1ccc(N)c(NC(=O)Cc2ccc(F)c(F)c2)c1. The molecule has 0 fully saturated rings. The predicted octanol–water partition coefficient (Wildman–Crippen LogP) is 3.04. The molecule has 0 unspecified atom stereocenters. The fraction of sp³-hybridized carbons (Fsp3) is 0.133. The van der Waals surface area contributed by atoms with Gasteiger partial charge in [0.15, 0.2) is 11.6 Å². The maximum absolute atomic E-state index is 13.0. The number of hydrogen-bond donors (Lipinski definition) is 2. The van der Waals surface area contributed by atoms with Crippen LogP contribution in [0.15, 0.2) is 36.4 Å². The Bertz CT molecular complexity index is 656. The topological polar surface area (TPSA) is 55.1 Å². The van der Waals surface area contributed by atoms with Gasteiger partial charge in [-0.2, -0.15) is 0 Å². The molecule has 2 aromatic carbocycles. The Balaban J connectivity index is 2.09. The Kier molecular flexibility index (Phi) is 3.98. The first-order chi connectivity index (χ1) is 9.45. The van der Waals surface area contributed by atoms with Gasteiger partial charge < -0.3 is 11.1 Å². The molecule has 0 aliphatic carbocycles. The van der Waals surface area contributed by atoms with Crippen LogP contribution in [0, 0.1) is 18.6 Å². The summed E-state index contributed by atoms with van der Waals surface area (Å²) in [5.41, 5.74) is 8.07. The number of anilines is 2. The van der Waals surface area contributed by atoms with E-state index in [0.29, 0.717) is 16.9 Å². The van der Waals surface area contributed by atoms with Crippen molar-refractivity contribution in [3.63, 3.8) is 0 Å². The summed E-state index contributed by atoms with van der Waals surface area (Å²) in [5, 5.41) is 2.65. The van der Waals surface area contributed by atoms with Crippen LogP contribution in [0.2, 0.25) is 0 Å². The molecule has 0 atom stereocenters. The molecule has 0 spiro atoms. The molecule has 2 rings (SSSR count). The molecular weight excluding hydrogens is 262 g/mol. The second-order valence-electron chi connectivity index (χ2n) is 4.56. The molecule has 0 aliphatic rings. The van der Waals surface area contributed by atoms with Crippen molar-refractivity contribution in [2.45, 2.75) is 13.3 Å². The fourth-order valence-electron chi connectivity index (χ4n) is 1.81. The maximum atomic E-state index is 13.0. The molecule has 3 nitrogen and oxygen atoms in total. The van der Waals surface area contributed by atoms with Crippen LogP contribution in [0.25, 0.3) is 0 Å². The van der Waals surface area contributed by atoms with Crippen LogP contribution < -0.4 is 11.1 Å². The van der Waals surface area contributed by atoms with Crippen molar-refractivity contribution in [3.05, 3.63) is 59.2 Å². The van der Waals surface area contributed by atoms with Crippen LogP contribution in [0.5, 0.6) is 0 Å². The Labute approximate surface area is 115 Å². The highest BCUT2D eigenvalue weighted by Gasteiger charge is 2.09. The minimum Gasteiger partial charge on any atom is -0.397 e. The molecule has 3 N–H and O–H groups in total. The molecule has 5 heteroatoms. The van der Waals surface area contributed by atoms with E-state index in [0.717, 1.165) is 17.7 Å². The van der Waals surface area contributed by atoms with Crippen molar-refractivity contribution in [1.82, 2.24) is 0 Å². The highest BCUT2D eigenvalue weighted by molar-refractivity contribution is 5.95. The van der Waals surface area contributed by atoms with Gasteiger partial charge in [0.2, 0.25) is 5.91 Å². The van der Waals surface area contributed by atoms with Gasteiger partial charge in [-0.1, -0.05) is 12.1 Å². The number of rotatable bonds is 3. The number of carbonyl (C=O) groups is 1. The van der Waals surface area contributed by atoms with Gasteiger partial charge in [-0.3, -0.25) is 4.79 Å². The average molecular weight is 276 g/mol. The lowest BCUT2D eigenvalue weighted by Crippen LogP contribution is -2.15. The van der Waals surface area contributed by atoms with E-state index in [9.17, 15) is 13.6 Å². The first-order valence-corrected chi connectivity index (χ1v) is 6.05. The Morgan fingerprint density at radius 3 is 2.60 bits per heavy atom. The number of nitrogens with one attached hydrogen (secondary N) is 1. The van der Waals surface area contributed by atoms with E-state index in [1.807, 2.05) is 13.0 Å². The first kappa shape index (κ1) is 14.0. The average Bonchev–Trinajstić information content (AvgIpc) is 2.38. The summed E-state index contributed by atoms with van der Waals surface area (Å²) in [6.07, 6.45) is -0.0510. The Morgan fingerprint density at radius 1 is 1.15 bits per heavy atom. The summed E-state index contributed by atoms with van der Waals surface area (Å²) in [6.45, 7) is 1.88. The van der Waals surface area contributed by atoms with Gasteiger partial charge in [-0.15, -0.1) is 0 Å². The molecule has 0 saturated heterocycles. The van der Waals surface area contributed by atoms with Crippen LogP contribution in [-0.2, 0) is 11.2 Å². The number of carbonyl (C=O) groups excluding carboxylic acids is 1. The molecule has 0 aromatic heterocycles. The summed E-state index contributed by atoms with van der Waals surface area (Å²) in [5.74, 6) is -2.24. The van der Waals surface area contributed by atoms with Crippen LogP contribution in [-0.4, -0.2) is 5.91 Å². The van der Waals surface area contributed by atoms with Gasteiger partial charge >= 0.3 is 0 Å². The third-order valence-corrected chi connectivity index (χ3v) is 2.83. The maximum Gasteiger partial charge on any atom is 0.228 e. The zero-order valence-electron chi connectivity index (χ0n) is 10.9. The number of amides is 1. The summed E-state index contributed by atoms with van der Waals surface area (Å²) < 4.78 is 25.8. The number of hydrogen-bond acceptors (Lipinski definition) is 2. The Morgan fingerprint density at radius 2 is 1.90 bits per heavy atom. The van der Waals surface area contributed by atoms with Gasteiger partial charge in [0.1, 0.15) is 0 Å². The van der Waals surface area contributed by atoms with Crippen molar-refractivity contribution >= 4 is 17.3 Å². The van der Waals surface area contributed by atoms with E-state index in [4.69, 9.17) is 5.73 Å². The highest BCUT2D eigenvalue weighted by atomic mass is 19.2. The number of aryl methyl sites for hydroxylation is 1. The predicted molar refractivity (Wildman–Crippen MR) is 74.3 cm³/mol. The van der Waals surface area contributed by atoms with Crippen molar-refractivity contribution in [2.75, 3.05) is 11.1 Å². The quantitative estimate of drug-likeness (QED) is 0.847. The molecule has 1 amide bonds. The molecule has 20 heavy (non-hydrogen) atoms. The van der Waals surface area contributed by atoms with E-state index in [1.165, 1.54) is 6.07 Å². The molecular formula is C15H14F2N2O. The zero-order valence-corrected chi connectivity index (χ0v) is 10.9. The van der Waals surface area contributed by atoms with E-state index >= 15 is 0 Å². The number of halogens is 2. The van der Waals surface area contributed by atoms with Crippen LogP contribution in [0.1, 0.15) is 11.1 Å². The third-order valence-electron chi connectivity index (χ3n) is 2.83. The van der Waals surface area contributed by atoms with Crippen molar-refractivity contribution in [1.29, 1.82) is 0 Å². The molecule has 0 bridgehead atoms. The number of nitrogens with two attached hydrogens (primary N) is 1. The lowest BCUT2D eigenvalue weighted by atomic mass is 10.1. The van der Waals surface area contributed by atoms with Gasteiger partial charge in [0.05, 0.1) is 17.8 Å². The van der Waals surface area contributed by atoms with E-state index in [2.05, 4.69) is 5.32 Å². The summed E-state index contributed by atoms with van der Waals surface area (Å²) >= 11 is 0. The smallest absolute Gasteiger partial charge is 0.228 e. The second kappa shape index (κ2) is 5.69. The molecule has 2 aromatic rings. The van der Waals surface area contributed by atoms with E-state index < -0.39 is 11.6 Å². The third kappa shape index (κ3) is 3.32. The molecule has 0 heterocycles. The van der Waals surface area contributed by atoms with Gasteiger partial charge in [-0.25, -0.2) is 8.78 Å². The number of benzene rings is 2. The first-order valence-electron chi connectivity index (χ1n) is 6.05. The summed E-state index contributed by atoms with van der Waals surface area (Å²) in [4.78, 5) is 11.9. The lowest BCUT2D eigenvalue weighted by molar-refractivity contribution is -0.115. The molecule has 0 aliphatic heterocycles. The summed E-state index contributed by atoms with van der Waals surface area (Å²) in [6, 6.07) is 8.66. The van der Waals surface area contributed by atoms with E-state index in [-0.39, 0.29) is 12.3 Å². The molecule has 0 radical (unpaired) electrons. The van der Waals surface area contributed by atoms with Crippen LogP contribution in [0.4, 0.5) is 20.2 Å². The Hall–Kier alpha value is -2.43. The minimum atomic E-state index is -0.967. The molecule has 104 valence electrons. The second-order valence-corrected chi connectivity index (χ2v) is 4.56. The van der Waals surface area contributed by atoms with Gasteiger partial charge in [0.25, 0.3) is 0 Å².